The Kier molecular flexibility index (Phi) is 5.87. The number of rotatable bonds is 6. The van der Waals surface area contributed by atoms with E-state index in [4.69, 9.17) is 4.74 Å². The normalized spacial score (nSPS) is 15.8. The first-order chi connectivity index (χ1) is 9.79. The van der Waals surface area contributed by atoms with Crippen molar-refractivity contribution in [3.63, 3.8) is 0 Å². The van der Waals surface area contributed by atoms with Crippen LogP contribution in [0.25, 0.3) is 0 Å². The minimum absolute atomic E-state index is 0.0896. The number of nitrogens with one attached hydrogen (secondary N) is 2. The van der Waals surface area contributed by atoms with Crippen molar-refractivity contribution in [3.8, 4) is 5.75 Å². The lowest BCUT2D eigenvalue weighted by Crippen LogP contribution is -2.41. The SMILES string of the molecule is COc1ccccc1CNCC(=O)NC1CCCCC1. The third-order valence-electron chi connectivity index (χ3n) is 3.76. The monoisotopic (exact) mass is 276 g/mol. The van der Waals surface area contributed by atoms with Crippen LogP contribution in [0.1, 0.15) is 37.7 Å². The fraction of sp³-hybridized carbons (Fsp3) is 0.562. The molecular formula is C16H24N2O2. The molecule has 1 aromatic rings. The van der Waals surface area contributed by atoms with Gasteiger partial charge in [0.05, 0.1) is 13.7 Å². The number of carbonyl (C=O) groups excluding carboxylic acids is 1. The van der Waals surface area contributed by atoms with Gasteiger partial charge < -0.3 is 15.4 Å². The molecule has 1 amide bonds. The van der Waals surface area contributed by atoms with Crippen LogP contribution in [0.5, 0.6) is 5.75 Å². The molecule has 2 N–H and O–H groups in total. The van der Waals surface area contributed by atoms with E-state index >= 15 is 0 Å². The van der Waals surface area contributed by atoms with E-state index in [1.165, 1.54) is 19.3 Å². The summed E-state index contributed by atoms with van der Waals surface area (Å²) in [5.41, 5.74) is 1.07. The van der Waals surface area contributed by atoms with Gasteiger partial charge in [-0.15, -0.1) is 0 Å². The molecule has 1 saturated carbocycles. The third-order valence-corrected chi connectivity index (χ3v) is 3.76. The third kappa shape index (κ3) is 4.53. The number of benzene rings is 1. The molecule has 2 rings (SSSR count). The lowest BCUT2D eigenvalue weighted by Gasteiger charge is -2.22. The molecule has 0 atom stereocenters. The van der Waals surface area contributed by atoms with Crippen molar-refractivity contribution >= 4 is 5.91 Å². The second-order valence-corrected chi connectivity index (χ2v) is 5.32. The van der Waals surface area contributed by atoms with E-state index in [1.54, 1.807) is 7.11 Å². The number of methoxy groups -OCH3 is 1. The molecule has 4 nitrogen and oxygen atoms in total. The van der Waals surface area contributed by atoms with E-state index in [1.807, 2.05) is 24.3 Å². The number of hydrogen-bond donors (Lipinski definition) is 2. The Morgan fingerprint density at radius 2 is 2.00 bits per heavy atom. The highest BCUT2D eigenvalue weighted by Gasteiger charge is 2.15. The maximum Gasteiger partial charge on any atom is 0.234 e. The van der Waals surface area contributed by atoms with Gasteiger partial charge in [-0.2, -0.15) is 0 Å². The summed E-state index contributed by atoms with van der Waals surface area (Å²) in [6.45, 7) is 0.997. The molecule has 1 aliphatic carbocycles. The van der Waals surface area contributed by atoms with Gasteiger partial charge in [0.2, 0.25) is 5.91 Å². The molecule has 1 aromatic carbocycles. The average molecular weight is 276 g/mol. The minimum atomic E-state index is 0.0896. The maximum absolute atomic E-state index is 11.9. The number of para-hydroxylation sites is 1. The number of ether oxygens (including phenoxy) is 1. The summed E-state index contributed by atoms with van der Waals surface area (Å²) < 4.78 is 5.28. The molecule has 0 aromatic heterocycles. The predicted molar refractivity (Wildman–Crippen MR) is 79.7 cm³/mol. The molecule has 0 saturated heterocycles. The van der Waals surface area contributed by atoms with Crippen LogP contribution < -0.4 is 15.4 Å². The predicted octanol–water partition coefficient (Wildman–Crippen LogP) is 2.23. The summed E-state index contributed by atoms with van der Waals surface area (Å²) >= 11 is 0. The molecular weight excluding hydrogens is 252 g/mol. The van der Waals surface area contributed by atoms with E-state index in [9.17, 15) is 4.79 Å². The lowest BCUT2D eigenvalue weighted by atomic mass is 9.95. The van der Waals surface area contributed by atoms with Gasteiger partial charge in [-0.05, 0) is 18.9 Å². The van der Waals surface area contributed by atoms with Crippen molar-refractivity contribution in [2.45, 2.75) is 44.7 Å². The van der Waals surface area contributed by atoms with Crippen molar-refractivity contribution in [1.82, 2.24) is 10.6 Å². The molecule has 0 radical (unpaired) electrons. The number of amides is 1. The van der Waals surface area contributed by atoms with Gasteiger partial charge in [-0.1, -0.05) is 37.5 Å². The standard InChI is InChI=1S/C16H24N2O2/c1-20-15-10-6-5-7-13(15)11-17-12-16(19)18-14-8-3-2-4-9-14/h5-7,10,14,17H,2-4,8-9,11-12H2,1H3,(H,18,19). The van der Waals surface area contributed by atoms with Crippen molar-refractivity contribution in [2.75, 3.05) is 13.7 Å². The first kappa shape index (κ1) is 14.9. The van der Waals surface area contributed by atoms with Crippen molar-refractivity contribution in [3.05, 3.63) is 29.8 Å². The Hall–Kier alpha value is -1.55. The molecule has 0 spiro atoms. The van der Waals surface area contributed by atoms with Crippen LogP contribution in [0, 0.1) is 0 Å². The number of hydrogen-bond acceptors (Lipinski definition) is 3. The van der Waals surface area contributed by atoms with Crippen LogP contribution in [0.4, 0.5) is 0 Å². The van der Waals surface area contributed by atoms with Gasteiger partial charge in [-0.3, -0.25) is 4.79 Å². The zero-order valence-corrected chi connectivity index (χ0v) is 12.2. The topological polar surface area (TPSA) is 50.4 Å². The molecule has 1 aliphatic rings. The molecule has 0 heterocycles. The average Bonchev–Trinajstić information content (AvgIpc) is 2.49. The summed E-state index contributed by atoms with van der Waals surface area (Å²) in [7, 11) is 1.66. The summed E-state index contributed by atoms with van der Waals surface area (Å²) in [5.74, 6) is 0.944. The Labute approximate surface area is 120 Å². The first-order valence-corrected chi connectivity index (χ1v) is 7.41. The Morgan fingerprint density at radius 3 is 2.75 bits per heavy atom. The van der Waals surface area contributed by atoms with Crippen LogP contribution in [0.2, 0.25) is 0 Å². The fourth-order valence-corrected chi connectivity index (χ4v) is 2.69. The van der Waals surface area contributed by atoms with Crippen molar-refractivity contribution in [1.29, 1.82) is 0 Å². The molecule has 110 valence electrons. The fourth-order valence-electron chi connectivity index (χ4n) is 2.69. The highest BCUT2D eigenvalue weighted by Crippen LogP contribution is 2.17. The summed E-state index contributed by atoms with van der Waals surface area (Å²) in [4.78, 5) is 11.9. The van der Waals surface area contributed by atoms with Gasteiger partial charge in [-0.25, -0.2) is 0 Å². The molecule has 20 heavy (non-hydrogen) atoms. The van der Waals surface area contributed by atoms with E-state index in [-0.39, 0.29) is 5.91 Å². The Balaban J connectivity index is 1.70. The van der Waals surface area contributed by atoms with Gasteiger partial charge in [0.1, 0.15) is 5.75 Å². The molecule has 4 heteroatoms. The zero-order chi connectivity index (χ0) is 14.2. The van der Waals surface area contributed by atoms with Gasteiger partial charge >= 0.3 is 0 Å². The van der Waals surface area contributed by atoms with Gasteiger partial charge in [0.15, 0.2) is 0 Å². The Bertz CT molecular complexity index is 428. The van der Waals surface area contributed by atoms with E-state index in [2.05, 4.69) is 10.6 Å². The van der Waals surface area contributed by atoms with Crippen LogP contribution in [-0.2, 0) is 11.3 Å². The van der Waals surface area contributed by atoms with Crippen molar-refractivity contribution in [2.24, 2.45) is 0 Å². The summed E-state index contributed by atoms with van der Waals surface area (Å²) in [6.07, 6.45) is 6.02. The van der Waals surface area contributed by atoms with Crippen LogP contribution >= 0.6 is 0 Å². The second-order valence-electron chi connectivity index (χ2n) is 5.32. The lowest BCUT2D eigenvalue weighted by molar-refractivity contribution is -0.121. The van der Waals surface area contributed by atoms with Gasteiger partial charge in [0.25, 0.3) is 0 Å². The highest BCUT2D eigenvalue weighted by atomic mass is 16.5. The first-order valence-electron chi connectivity index (χ1n) is 7.41. The summed E-state index contributed by atoms with van der Waals surface area (Å²) in [5, 5.41) is 6.27. The molecule has 1 fully saturated rings. The largest absolute Gasteiger partial charge is 0.496 e. The van der Waals surface area contributed by atoms with E-state index < -0.39 is 0 Å². The molecule has 0 aliphatic heterocycles. The van der Waals surface area contributed by atoms with E-state index in [0.717, 1.165) is 24.2 Å². The second kappa shape index (κ2) is 7.90. The highest BCUT2D eigenvalue weighted by molar-refractivity contribution is 5.78. The van der Waals surface area contributed by atoms with Gasteiger partial charge in [0, 0.05) is 18.2 Å². The summed E-state index contributed by atoms with van der Waals surface area (Å²) in [6, 6.07) is 8.23. The minimum Gasteiger partial charge on any atom is -0.496 e. The zero-order valence-electron chi connectivity index (χ0n) is 12.2. The van der Waals surface area contributed by atoms with E-state index in [0.29, 0.717) is 19.1 Å². The smallest absolute Gasteiger partial charge is 0.234 e. The maximum atomic E-state index is 11.9. The Morgan fingerprint density at radius 1 is 1.25 bits per heavy atom. The number of carbonyl (C=O) groups is 1. The van der Waals surface area contributed by atoms with Crippen LogP contribution in [0.3, 0.4) is 0 Å². The van der Waals surface area contributed by atoms with Crippen molar-refractivity contribution < 1.29 is 9.53 Å². The van der Waals surface area contributed by atoms with Crippen LogP contribution in [0.15, 0.2) is 24.3 Å². The molecule has 0 unspecified atom stereocenters. The quantitative estimate of drug-likeness (QED) is 0.837. The van der Waals surface area contributed by atoms with Crippen LogP contribution in [-0.4, -0.2) is 25.6 Å². The molecule has 0 bridgehead atoms.